The lowest BCUT2D eigenvalue weighted by Gasteiger charge is -2.24. The highest BCUT2D eigenvalue weighted by molar-refractivity contribution is 8.03. The minimum absolute atomic E-state index is 0.106. The van der Waals surface area contributed by atoms with Crippen LogP contribution in [0.25, 0.3) is 0 Å². The van der Waals surface area contributed by atoms with Gasteiger partial charge in [-0.25, -0.2) is 0 Å². The molecule has 42 heavy (non-hydrogen) atoms. The van der Waals surface area contributed by atoms with Crippen LogP contribution in [0.2, 0.25) is 0 Å². The van der Waals surface area contributed by atoms with E-state index < -0.39 is 0 Å². The quantitative estimate of drug-likeness (QED) is 0.135. The van der Waals surface area contributed by atoms with E-state index in [9.17, 15) is 4.79 Å². The Morgan fingerprint density at radius 1 is 0.857 bits per heavy atom. The predicted molar refractivity (Wildman–Crippen MR) is 179 cm³/mol. The molecule has 0 saturated carbocycles. The van der Waals surface area contributed by atoms with Crippen molar-refractivity contribution in [1.29, 1.82) is 0 Å². The van der Waals surface area contributed by atoms with Gasteiger partial charge in [0.25, 0.3) is 0 Å². The zero-order chi connectivity index (χ0) is 30.0. The molecule has 0 unspecified atom stereocenters. The number of benzene rings is 2. The number of unbranched alkanes of at least 4 members (excludes halogenated alkanes) is 11. The molecule has 0 atom stereocenters. The molecule has 0 aliphatic carbocycles. The number of nitrogens with zero attached hydrogens (tertiary/aromatic N) is 2. The van der Waals surface area contributed by atoms with Crippen molar-refractivity contribution in [3.63, 3.8) is 0 Å². The number of rotatable bonds is 21. The largest absolute Gasteiger partial charge is 0.493 e. The van der Waals surface area contributed by atoms with E-state index in [4.69, 9.17) is 9.47 Å². The van der Waals surface area contributed by atoms with Gasteiger partial charge in [0.1, 0.15) is 0 Å². The molecule has 1 aliphatic heterocycles. The Balaban J connectivity index is 1.49. The van der Waals surface area contributed by atoms with E-state index in [1.54, 1.807) is 7.11 Å². The first-order valence-electron chi connectivity index (χ1n) is 16.3. The van der Waals surface area contributed by atoms with Crippen molar-refractivity contribution in [1.82, 2.24) is 4.90 Å². The summed E-state index contributed by atoms with van der Waals surface area (Å²) >= 11 is 1.86. The van der Waals surface area contributed by atoms with Gasteiger partial charge in [-0.3, -0.25) is 4.79 Å². The van der Waals surface area contributed by atoms with Crippen molar-refractivity contribution >= 4 is 23.4 Å². The Hall–Kier alpha value is -2.60. The number of ether oxygens (including phenoxy) is 2. The standard InChI is InChI=1S/C36H54N2O3S/c1-5-7-8-9-10-11-12-13-14-15-16-17-23-41-35-25-32(21-22-34(35)40-4)28-38(36(39)6-2)33-20-18-19-31(24-33)27-37-26-30(3)42-29-37/h18-22,24-26H,5-17,23,27-29H2,1-4H3. The number of amides is 1. The number of anilines is 1. The van der Waals surface area contributed by atoms with E-state index in [-0.39, 0.29) is 5.91 Å². The monoisotopic (exact) mass is 594 g/mol. The molecule has 3 rings (SSSR count). The summed E-state index contributed by atoms with van der Waals surface area (Å²) < 4.78 is 11.8. The van der Waals surface area contributed by atoms with E-state index in [0.717, 1.165) is 41.6 Å². The molecule has 0 spiro atoms. The van der Waals surface area contributed by atoms with Crippen LogP contribution >= 0.6 is 11.8 Å². The maximum atomic E-state index is 13.1. The molecule has 0 saturated heterocycles. The minimum Gasteiger partial charge on any atom is -0.493 e. The van der Waals surface area contributed by atoms with E-state index in [1.807, 2.05) is 47.9 Å². The first kappa shape index (κ1) is 33.9. The van der Waals surface area contributed by atoms with Crippen LogP contribution in [0.4, 0.5) is 5.69 Å². The molecule has 1 amide bonds. The summed E-state index contributed by atoms with van der Waals surface area (Å²) in [7, 11) is 1.68. The second kappa shape index (κ2) is 19.6. The molecule has 232 valence electrons. The van der Waals surface area contributed by atoms with Gasteiger partial charge in [-0.2, -0.15) is 0 Å². The summed E-state index contributed by atoms with van der Waals surface area (Å²) in [6.07, 6.45) is 18.6. The molecule has 0 bridgehead atoms. The molecule has 5 nitrogen and oxygen atoms in total. The minimum atomic E-state index is 0.106. The van der Waals surface area contributed by atoms with Gasteiger partial charge in [-0.1, -0.05) is 103 Å². The van der Waals surface area contributed by atoms with Gasteiger partial charge in [-0.15, -0.1) is 11.8 Å². The van der Waals surface area contributed by atoms with E-state index >= 15 is 0 Å². The van der Waals surface area contributed by atoms with Crippen molar-refractivity contribution < 1.29 is 14.3 Å². The zero-order valence-corrected chi connectivity index (χ0v) is 27.5. The van der Waals surface area contributed by atoms with Gasteiger partial charge in [0.05, 0.1) is 26.1 Å². The average Bonchev–Trinajstić information content (AvgIpc) is 3.42. The van der Waals surface area contributed by atoms with Gasteiger partial charge < -0.3 is 19.3 Å². The maximum Gasteiger partial charge on any atom is 0.227 e. The van der Waals surface area contributed by atoms with Gasteiger partial charge >= 0.3 is 0 Å². The molecule has 1 heterocycles. The van der Waals surface area contributed by atoms with Gasteiger partial charge in [0, 0.05) is 24.9 Å². The van der Waals surface area contributed by atoms with Crippen molar-refractivity contribution in [2.45, 2.75) is 117 Å². The average molecular weight is 595 g/mol. The molecule has 0 fully saturated rings. The normalized spacial score (nSPS) is 12.9. The highest BCUT2D eigenvalue weighted by atomic mass is 32.2. The third-order valence-corrected chi connectivity index (χ3v) is 8.88. The fourth-order valence-corrected chi connectivity index (χ4v) is 6.18. The zero-order valence-electron chi connectivity index (χ0n) is 26.7. The van der Waals surface area contributed by atoms with Crippen LogP contribution in [0.1, 0.15) is 115 Å². The number of thioether (sulfide) groups is 1. The third kappa shape index (κ3) is 11.9. The highest BCUT2D eigenvalue weighted by Gasteiger charge is 2.18. The predicted octanol–water partition coefficient (Wildman–Crippen LogP) is 10.1. The molecular weight excluding hydrogens is 540 g/mol. The Morgan fingerprint density at radius 3 is 2.17 bits per heavy atom. The molecule has 2 aromatic carbocycles. The smallest absolute Gasteiger partial charge is 0.227 e. The van der Waals surface area contributed by atoms with Crippen LogP contribution in [0.15, 0.2) is 53.6 Å². The summed E-state index contributed by atoms with van der Waals surface area (Å²) in [6.45, 7) is 8.36. The van der Waals surface area contributed by atoms with E-state index in [1.165, 1.54) is 81.1 Å². The summed E-state index contributed by atoms with van der Waals surface area (Å²) in [4.78, 5) is 18.6. The fraction of sp³-hybridized carbons (Fsp3) is 0.583. The lowest BCUT2D eigenvalue weighted by molar-refractivity contribution is -0.118. The number of hydrogen-bond acceptors (Lipinski definition) is 5. The lowest BCUT2D eigenvalue weighted by Crippen LogP contribution is -2.29. The Bertz CT molecular complexity index is 1100. The maximum absolute atomic E-state index is 13.1. The molecule has 0 radical (unpaired) electrons. The van der Waals surface area contributed by atoms with Gasteiger partial charge in [0.15, 0.2) is 11.5 Å². The number of methoxy groups -OCH3 is 1. The fourth-order valence-electron chi connectivity index (χ4n) is 5.42. The van der Waals surface area contributed by atoms with Gasteiger partial charge in [-0.05, 0) is 53.6 Å². The summed E-state index contributed by atoms with van der Waals surface area (Å²) in [5, 5.41) is 0. The second-order valence-corrected chi connectivity index (χ2v) is 12.7. The molecule has 0 aromatic heterocycles. The van der Waals surface area contributed by atoms with Crippen LogP contribution in [-0.2, 0) is 17.9 Å². The summed E-state index contributed by atoms with van der Waals surface area (Å²) in [6, 6.07) is 14.4. The van der Waals surface area contributed by atoms with Crippen LogP contribution in [0.5, 0.6) is 11.5 Å². The second-order valence-electron chi connectivity index (χ2n) is 11.5. The van der Waals surface area contributed by atoms with Crippen molar-refractivity contribution in [3.05, 3.63) is 64.7 Å². The van der Waals surface area contributed by atoms with E-state index in [0.29, 0.717) is 19.6 Å². The van der Waals surface area contributed by atoms with Crippen molar-refractivity contribution in [2.75, 3.05) is 24.5 Å². The SMILES string of the molecule is CCCCCCCCCCCCCCOc1cc(CN(C(=O)CC)c2cccc(CN3C=C(C)SC3)c2)ccc1OC. The van der Waals surface area contributed by atoms with Crippen LogP contribution < -0.4 is 14.4 Å². The molecule has 2 aromatic rings. The van der Waals surface area contributed by atoms with Gasteiger partial charge in [0.2, 0.25) is 5.91 Å². The molecular formula is C36H54N2O3S. The molecule has 1 aliphatic rings. The van der Waals surface area contributed by atoms with Crippen LogP contribution in [-0.4, -0.2) is 30.4 Å². The summed E-state index contributed by atoms with van der Waals surface area (Å²) in [5.74, 6) is 2.57. The van der Waals surface area contributed by atoms with E-state index in [2.05, 4.69) is 43.1 Å². The molecule has 6 heteroatoms. The van der Waals surface area contributed by atoms with Crippen LogP contribution in [0, 0.1) is 0 Å². The van der Waals surface area contributed by atoms with Crippen molar-refractivity contribution in [3.8, 4) is 11.5 Å². The highest BCUT2D eigenvalue weighted by Crippen LogP contribution is 2.31. The molecule has 0 N–H and O–H groups in total. The first-order chi connectivity index (χ1) is 20.5. The summed E-state index contributed by atoms with van der Waals surface area (Å²) in [5.41, 5.74) is 3.16. The van der Waals surface area contributed by atoms with Crippen LogP contribution in [0.3, 0.4) is 0 Å². The number of carbonyl (C=O) groups is 1. The topological polar surface area (TPSA) is 42.0 Å². The number of carbonyl (C=O) groups excluding carboxylic acids is 1. The Labute approximate surface area is 260 Å². The first-order valence-corrected chi connectivity index (χ1v) is 17.3. The number of hydrogen-bond donors (Lipinski definition) is 0. The Kier molecular flexibility index (Phi) is 15.8. The van der Waals surface area contributed by atoms with Crippen molar-refractivity contribution in [2.24, 2.45) is 0 Å². The Morgan fingerprint density at radius 2 is 1.55 bits per heavy atom. The number of allylic oxidation sites excluding steroid dienone is 1. The lowest BCUT2D eigenvalue weighted by atomic mass is 10.1. The third-order valence-electron chi connectivity index (χ3n) is 7.86.